The van der Waals surface area contributed by atoms with Crippen LogP contribution in [-0.2, 0) is 9.53 Å². The second-order valence-electron chi connectivity index (χ2n) is 3.38. The molecule has 0 aliphatic heterocycles. The van der Waals surface area contributed by atoms with Crippen molar-refractivity contribution in [3.63, 3.8) is 0 Å². The van der Waals surface area contributed by atoms with Crippen LogP contribution in [0, 0.1) is 5.41 Å². The Morgan fingerprint density at radius 3 is 2.00 bits per heavy atom. The van der Waals surface area contributed by atoms with Crippen LogP contribution in [-0.4, -0.2) is 35.0 Å². The average molecular weight is 160 g/mol. The van der Waals surface area contributed by atoms with E-state index in [0.717, 1.165) is 0 Å². The van der Waals surface area contributed by atoms with Gasteiger partial charge in [0, 0.05) is 5.41 Å². The second kappa shape index (κ2) is 1.95. The fourth-order valence-electron chi connectivity index (χ4n) is 1.24. The minimum absolute atomic E-state index is 0.769. The van der Waals surface area contributed by atoms with Crippen molar-refractivity contribution in [2.45, 2.75) is 25.6 Å². The summed E-state index contributed by atoms with van der Waals surface area (Å²) in [4.78, 5) is 10.9. The van der Waals surface area contributed by atoms with Gasteiger partial charge in [0.15, 0.2) is 5.60 Å². The molecule has 0 heterocycles. The first kappa shape index (κ1) is 8.49. The number of carbonyl (C=O) groups excluding carboxylic acids is 1. The molecule has 2 N–H and O–H groups in total. The Bertz CT molecular complexity index is 199. The summed E-state index contributed by atoms with van der Waals surface area (Å²) in [5, 5.41) is 18.6. The molecule has 1 saturated carbocycles. The number of rotatable bonds is 1. The number of esters is 1. The van der Waals surface area contributed by atoms with Crippen molar-refractivity contribution in [1.29, 1.82) is 0 Å². The molecule has 4 nitrogen and oxygen atoms in total. The Morgan fingerprint density at radius 1 is 1.55 bits per heavy atom. The number of aliphatic hydroxyl groups excluding tert-OH is 1. The summed E-state index contributed by atoms with van der Waals surface area (Å²) in [5.41, 5.74) is -2.47. The van der Waals surface area contributed by atoms with E-state index >= 15 is 0 Å². The highest BCUT2D eigenvalue weighted by atomic mass is 16.5. The van der Waals surface area contributed by atoms with Crippen LogP contribution in [0.2, 0.25) is 0 Å². The van der Waals surface area contributed by atoms with E-state index in [9.17, 15) is 9.90 Å². The number of carbonyl (C=O) groups is 1. The maximum absolute atomic E-state index is 10.9. The Labute approximate surface area is 64.8 Å². The third kappa shape index (κ3) is 0.736. The molecule has 0 saturated heterocycles. The standard InChI is InChI=1S/C7H12O4/c1-6(2)4(8)7(6,10)5(9)11-3/h4,8,10H,1-3H3. The van der Waals surface area contributed by atoms with Crippen LogP contribution in [0.4, 0.5) is 0 Å². The van der Waals surface area contributed by atoms with E-state index in [1.54, 1.807) is 13.8 Å². The van der Waals surface area contributed by atoms with Gasteiger partial charge in [0.05, 0.1) is 7.11 Å². The fraction of sp³-hybridized carbons (Fsp3) is 0.857. The van der Waals surface area contributed by atoms with Crippen molar-refractivity contribution in [2.24, 2.45) is 5.41 Å². The molecule has 1 fully saturated rings. The zero-order valence-corrected chi connectivity index (χ0v) is 6.79. The highest BCUT2D eigenvalue weighted by Gasteiger charge is 2.76. The molecule has 64 valence electrons. The Hall–Kier alpha value is -0.610. The molecule has 1 aliphatic rings. The van der Waals surface area contributed by atoms with E-state index < -0.39 is 23.1 Å². The van der Waals surface area contributed by atoms with Gasteiger partial charge in [-0.1, -0.05) is 13.8 Å². The van der Waals surface area contributed by atoms with Gasteiger partial charge in [0.25, 0.3) is 0 Å². The van der Waals surface area contributed by atoms with Crippen molar-refractivity contribution < 1.29 is 19.7 Å². The summed E-state index contributed by atoms with van der Waals surface area (Å²) in [6, 6.07) is 0. The van der Waals surface area contributed by atoms with Crippen molar-refractivity contribution in [3.05, 3.63) is 0 Å². The lowest BCUT2D eigenvalue weighted by atomic mass is 10.1. The molecule has 0 aromatic rings. The maximum atomic E-state index is 10.9. The molecule has 0 spiro atoms. The first-order valence-corrected chi connectivity index (χ1v) is 3.38. The van der Waals surface area contributed by atoms with Crippen LogP contribution >= 0.6 is 0 Å². The zero-order valence-electron chi connectivity index (χ0n) is 6.79. The van der Waals surface area contributed by atoms with E-state index in [4.69, 9.17) is 5.11 Å². The molecule has 4 heteroatoms. The van der Waals surface area contributed by atoms with E-state index in [0.29, 0.717) is 0 Å². The lowest BCUT2D eigenvalue weighted by Crippen LogP contribution is -2.30. The van der Waals surface area contributed by atoms with Crippen molar-refractivity contribution >= 4 is 5.97 Å². The molecule has 11 heavy (non-hydrogen) atoms. The summed E-state index contributed by atoms with van der Waals surface area (Å²) in [6.07, 6.45) is -1.01. The highest BCUT2D eigenvalue weighted by Crippen LogP contribution is 2.56. The lowest BCUT2D eigenvalue weighted by molar-refractivity contribution is -0.156. The van der Waals surface area contributed by atoms with Crippen LogP contribution in [0.5, 0.6) is 0 Å². The van der Waals surface area contributed by atoms with Crippen LogP contribution in [0.3, 0.4) is 0 Å². The van der Waals surface area contributed by atoms with E-state index in [1.165, 1.54) is 7.11 Å². The van der Waals surface area contributed by atoms with Gasteiger partial charge < -0.3 is 14.9 Å². The smallest absolute Gasteiger partial charge is 0.341 e. The van der Waals surface area contributed by atoms with Gasteiger partial charge in [0.1, 0.15) is 6.10 Å². The van der Waals surface area contributed by atoms with Gasteiger partial charge in [-0.15, -0.1) is 0 Å². The second-order valence-corrected chi connectivity index (χ2v) is 3.38. The van der Waals surface area contributed by atoms with Crippen LogP contribution < -0.4 is 0 Å². The molecule has 2 unspecified atom stereocenters. The normalized spacial score (nSPS) is 39.9. The summed E-state index contributed by atoms with van der Waals surface area (Å²) >= 11 is 0. The molecule has 0 aromatic carbocycles. The van der Waals surface area contributed by atoms with E-state index in [-0.39, 0.29) is 0 Å². The minimum Gasteiger partial charge on any atom is -0.467 e. The zero-order chi connectivity index (χ0) is 8.86. The molecule has 2 atom stereocenters. The van der Waals surface area contributed by atoms with Crippen molar-refractivity contribution in [1.82, 2.24) is 0 Å². The summed E-state index contributed by atoms with van der Waals surface area (Å²) in [7, 11) is 1.18. The first-order valence-electron chi connectivity index (χ1n) is 3.38. The van der Waals surface area contributed by atoms with E-state index in [2.05, 4.69) is 4.74 Å². The van der Waals surface area contributed by atoms with Gasteiger partial charge in [-0.2, -0.15) is 0 Å². The van der Waals surface area contributed by atoms with Crippen LogP contribution in [0.25, 0.3) is 0 Å². The average Bonchev–Trinajstić information content (AvgIpc) is 2.34. The maximum Gasteiger partial charge on any atom is 0.341 e. The van der Waals surface area contributed by atoms with Crippen LogP contribution in [0.15, 0.2) is 0 Å². The van der Waals surface area contributed by atoms with Gasteiger partial charge in [0.2, 0.25) is 0 Å². The monoisotopic (exact) mass is 160 g/mol. The number of hydrogen-bond acceptors (Lipinski definition) is 4. The van der Waals surface area contributed by atoms with Crippen molar-refractivity contribution in [3.8, 4) is 0 Å². The Morgan fingerprint density at radius 2 is 1.91 bits per heavy atom. The molecular weight excluding hydrogens is 148 g/mol. The molecular formula is C7H12O4. The van der Waals surface area contributed by atoms with Gasteiger partial charge in [-0.25, -0.2) is 4.79 Å². The minimum atomic E-state index is -1.69. The number of aliphatic hydroxyl groups is 2. The lowest BCUT2D eigenvalue weighted by Gasteiger charge is -2.08. The summed E-state index contributed by atoms with van der Waals surface area (Å²) in [6.45, 7) is 3.21. The SMILES string of the molecule is COC(=O)C1(O)C(O)C1(C)C. The summed E-state index contributed by atoms with van der Waals surface area (Å²) in [5.74, 6) is -0.769. The molecule has 0 aromatic heterocycles. The first-order chi connectivity index (χ1) is 4.89. The van der Waals surface area contributed by atoms with Gasteiger partial charge in [-0.05, 0) is 0 Å². The quantitative estimate of drug-likeness (QED) is 0.497. The molecule has 1 aliphatic carbocycles. The number of hydrogen-bond donors (Lipinski definition) is 2. The largest absolute Gasteiger partial charge is 0.467 e. The van der Waals surface area contributed by atoms with Crippen LogP contribution in [0.1, 0.15) is 13.8 Å². The fourth-order valence-corrected chi connectivity index (χ4v) is 1.24. The predicted molar refractivity (Wildman–Crippen MR) is 36.8 cm³/mol. The molecule has 1 rings (SSSR count). The van der Waals surface area contributed by atoms with E-state index in [1.807, 2.05) is 0 Å². The third-order valence-corrected chi connectivity index (χ3v) is 2.47. The predicted octanol–water partition coefficient (Wildman–Crippen LogP) is -0.709. The summed E-state index contributed by atoms with van der Waals surface area (Å²) < 4.78 is 4.33. The Kier molecular flexibility index (Phi) is 1.51. The molecule has 0 amide bonds. The molecule has 0 bridgehead atoms. The van der Waals surface area contributed by atoms with Crippen molar-refractivity contribution in [2.75, 3.05) is 7.11 Å². The highest BCUT2D eigenvalue weighted by molar-refractivity contribution is 5.86. The Balaban J connectivity index is 2.82. The van der Waals surface area contributed by atoms with Gasteiger partial charge in [-0.3, -0.25) is 0 Å². The third-order valence-electron chi connectivity index (χ3n) is 2.47. The topological polar surface area (TPSA) is 66.8 Å². The number of ether oxygens (including phenoxy) is 1. The number of methoxy groups -OCH3 is 1. The van der Waals surface area contributed by atoms with Gasteiger partial charge >= 0.3 is 5.97 Å². The molecule has 0 radical (unpaired) electrons.